The maximum absolute atomic E-state index is 12.7. The van der Waals surface area contributed by atoms with Gasteiger partial charge in [-0.1, -0.05) is 11.6 Å². The fraction of sp³-hybridized carbons (Fsp3) is 0.286. The SMILES string of the molecule is O=C(CCCn1cc([N+](=O)[O-])cn1)Nc1cc(C(F)(F)F)ccc1Cl. The van der Waals surface area contributed by atoms with Crippen molar-refractivity contribution in [2.24, 2.45) is 0 Å². The molecule has 0 fully saturated rings. The number of nitro groups is 1. The smallest absolute Gasteiger partial charge is 0.325 e. The summed E-state index contributed by atoms with van der Waals surface area (Å²) in [6, 6.07) is 2.64. The molecule has 0 saturated carbocycles. The zero-order valence-electron chi connectivity index (χ0n) is 12.6. The first kappa shape index (κ1) is 18.7. The summed E-state index contributed by atoms with van der Waals surface area (Å²) in [4.78, 5) is 21.8. The van der Waals surface area contributed by atoms with E-state index < -0.39 is 22.6 Å². The standard InChI is InChI=1S/C14H12ClF3N4O3/c15-11-4-3-9(14(16,17)18)6-12(11)20-13(23)2-1-5-21-8-10(7-19-21)22(24)25/h3-4,6-8H,1-2,5H2,(H,20,23). The van der Waals surface area contributed by atoms with Gasteiger partial charge in [0.05, 0.1) is 21.2 Å². The molecule has 0 radical (unpaired) electrons. The van der Waals surface area contributed by atoms with Crippen molar-refractivity contribution in [3.63, 3.8) is 0 Å². The molecule has 0 unspecified atom stereocenters. The van der Waals surface area contributed by atoms with Crippen LogP contribution in [0.5, 0.6) is 0 Å². The lowest BCUT2D eigenvalue weighted by Gasteiger charge is -2.11. The molecule has 1 aromatic carbocycles. The highest BCUT2D eigenvalue weighted by molar-refractivity contribution is 6.33. The summed E-state index contributed by atoms with van der Waals surface area (Å²) in [6.45, 7) is 0.248. The summed E-state index contributed by atoms with van der Waals surface area (Å²) in [5.41, 5.74) is -1.22. The van der Waals surface area contributed by atoms with Gasteiger partial charge in [-0.2, -0.15) is 18.3 Å². The van der Waals surface area contributed by atoms with Crippen molar-refractivity contribution >= 4 is 28.9 Å². The van der Waals surface area contributed by atoms with E-state index in [4.69, 9.17) is 11.6 Å². The molecule has 1 heterocycles. The van der Waals surface area contributed by atoms with Crippen molar-refractivity contribution in [2.45, 2.75) is 25.6 Å². The van der Waals surface area contributed by atoms with E-state index in [1.54, 1.807) is 0 Å². The molecule has 0 aliphatic heterocycles. The Hall–Kier alpha value is -2.62. The van der Waals surface area contributed by atoms with Crippen molar-refractivity contribution in [1.29, 1.82) is 0 Å². The molecule has 1 N–H and O–H groups in total. The number of hydrogen-bond donors (Lipinski definition) is 1. The van der Waals surface area contributed by atoms with Crippen molar-refractivity contribution in [2.75, 3.05) is 5.32 Å². The van der Waals surface area contributed by atoms with Gasteiger partial charge in [-0.15, -0.1) is 0 Å². The van der Waals surface area contributed by atoms with E-state index in [-0.39, 0.29) is 29.4 Å². The zero-order valence-corrected chi connectivity index (χ0v) is 13.3. The molecule has 0 saturated heterocycles. The molecule has 1 amide bonds. The van der Waals surface area contributed by atoms with Gasteiger partial charge in [-0.05, 0) is 24.6 Å². The largest absolute Gasteiger partial charge is 0.416 e. The van der Waals surface area contributed by atoms with Crippen LogP contribution >= 0.6 is 11.6 Å². The Bertz CT molecular complexity index is 792. The van der Waals surface area contributed by atoms with Crippen LogP contribution in [0.2, 0.25) is 5.02 Å². The monoisotopic (exact) mass is 376 g/mol. The van der Waals surface area contributed by atoms with Crippen LogP contribution in [-0.4, -0.2) is 20.6 Å². The van der Waals surface area contributed by atoms with Gasteiger partial charge in [-0.3, -0.25) is 19.6 Å². The Balaban J connectivity index is 1.90. The van der Waals surface area contributed by atoms with E-state index in [0.29, 0.717) is 6.42 Å². The number of benzene rings is 1. The summed E-state index contributed by atoms with van der Waals surface area (Å²) in [7, 11) is 0. The first-order valence-corrected chi connectivity index (χ1v) is 7.38. The molecule has 25 heavy (non-hydrogen) atoms. The van der Waals surface area contributed by atoms with E-state index >= 15 is 0 Å². The summed E-state index contributed by atoms with van der Waals surface area (Å²) in [5.74, 6) is -0.525. The molecule has 0 aliphatic carbocycles. The number of aryl methyl sites for hydroxylation is 1. The van der Waals surface area contributed by atoms with Gasteiger partial charge in [0.1, 0.15) is 12.4 Å². The minimum absolute atomic E-state index is 0.0101. The molecule has 2 aromatic rings. The van der Waals surface area contributed by atoms with Crippen LogP contribution in [0.4, 0.5) is 24.5 Å². The highest BCUT2D eigenvalue weighted by Gasteiger charge is 2.31. The van der Waals surface area contributed by atoms with Gasteiger partial charge in [0, 0.05) is 13.0 Å². The molecule has 0 aliphatic rings. The van der Waals surface area contributed by atoms with Crippen LogP contribution in [0.3, 0.4) is 0 Å². The predicted molar refractivity (Wildman–Crippen MR) is 83.2 cm³/mol. The zero-order chi connectivity index (χ0) is 18.6. The lowest BCUT2D eigenvalue weighted by atomic mass is 10.2. The van der Waals surface area contributed by atoms with Crippen molar-refractivity contribution in [3.05, 3.63) is 51.3 Å². The number of aromatic nitrogens is 2. The number of carbonyl (C=O) groups excluding carboxylic acids is 1. The normalized spacial score (nSPS) is 11.4. The first-order valence-electron chi connectivity index (χ1n) is 7.00. The lowest BCUT2D eigenvalue weighted by molar-refractivity contribution is -0.385. The second-order valence-electron chi connectivity index (χ2n) is 5.06. The van der Waals surface area contributed by atoms with Crippen molar-refractivity contribution in [1.82, 2.24) is 9.78 Å². The number of nitrogens with zero attached hydrogens (tertiary/aromatic N) is 3. The molecule has 0 atom stereocenters. The van der Waals surface area contributed by atoms with Gasteiger partial charge >= 0.3 is 11.9 Å². The van der Waals surface area contributed by atoms with Crippen LogP contribution in [-0.2, 0) is 17.5 Å². The Morgan fingerprint density at radius 1 is 1.40 bits per heavy atom. The second-order valence-corrected chi connectivity index (χ2v) is 5.47. The topological polar surface area (TPSA) is 90.1 Å². The Morgan fingerprint density at radius 3 is 2.72 bits per heavy atom. The summed E-state index contributed by atoms with van der Waals surface area (Å²) >= 11 is 5.79. The van der Waals surface area contributed by atoms with E-state index in [1.165, 1.54) is 10.9 Å². The maximum atomic E-state index is 12.7. The minimum Gasteiger partial charge on any atom is -0.325 e. The van der Waals surface area contributed by atoms with E-state index in [9.17, 15) is 28.1 Å². The first-order chi connectivity index (χ1) is 11.7. The number of halogens is 4. The van der Waals surface area contributed by atoms with Crippen LogP contribution in [0.25, 0.3) is 0 Å². The summed E-state index contributed by atoms with van der Waals surface area (Å²) < 4.78 is 39.3. The van der Waals surface area contributed by atoms with E-state index in [1.807, 2.05) is 0 Å². The van der Waals surface area contributed by atoms with Gasteiger partial charge < -0.3 is 5.32 Å². The lowest BCUT2D eigenvalue weighted by Crippen LogP contribution is -2.14. The fourth-order valence-corrected chi connectivity index (χ4v) is 2.15. The van der Waals surface area contributed by atoms with Gasteiger partial charge in [0.2, 0.25) is 5.91 Å². The molecule has 0 bridgehead atoms. The average molecular weight is 377 g/mol. The molecular formula is C14H12ClF3N4O3. The average Bonchev–Trinajstić information content (AvgIpc) is 2.97. The molecule has 0 spiro atoms. The maximum Gasteiger partial charge on any atom is 0.416 e. The van der Waals surface area contributed by atoms with Crippen molar-refractivity contribution < 1.29 is 22.9 Å². The van der Waals surface area contributed by atoms with Gasteiger partial charge in [0.15, 0.2) is 0 Å². The molecule has 134 valence electrons. The Kier molecular flexibility index (Phi) is 5.62. The number of alkyl halides is 3. The Morgan fingerprint density at radius 2 is 2.12 bits per heavy atom. The summed E-state index contributed by atoms with van der Waals surface area (Å²) in [5, 5.41) is 16.6. The predicted octanol–water partition coefficient (Wildman–Crippen LogP) is 3.88. The van der Waals surface area contributed by atoms with E-state index in [2.05, 4.69) is 10.4 Å². The summed E-state index contributed by atoms with van der Waals surface area (Å²) in [6.07, 6.45) is -1.95. The molecule has 11 heteroatoms. The van der Waals surface area contributed by atoms with Gasteiger partial charge in [-0.25, -0.2) is 0 Å². The highest BCUT2D eigenvalue weighted by Crippen LogP contribution is 2.33. The van der Waals surface area contributed by atoms with Crippen LogP contribution in [0.1, 0.15) is 18.4 Å². The second kappa shape index (κ2) is 7.51. The number of carbonyl (C=O) groups is 1. The fourth-order valence-electron chi connectivity index (χ4n) is 1.98. The van der Waals surface area contributed by atoms with Gasteiger partial charge in [0.25, 0.3) is 0 Å². The Labute approximate surface area is 144 Å². The molecule has 7 nitrogen and oxygen atoms in total. The number of nitrogens with one attached hydrogen (secondary N) is 1. The number of anilines is 1. The van der Waals surface area contributed by atoms with Crippen molar-refractivity contribution in [3.8, 4) is 0 Å². The minimum atomic E-state index is -4.54. The van der Waals surface area contributed by atoms with Crippen LogP contribution < -0.4 is 5.32 Å². The number of hydrogen-bond acceptors (Lipinski definition) is 4. The molecule has 2 rings (SSSR count). The number of rotatable bonds is 6. The third-order valence-corrected chi connectivity index (χ3v) is 3.52. The highest BCUT2D eigenvalue weighted by atomic mass is 35.5. The molecular weight excluding hydrogens is 365 g/mol. The van der Waals surface area contributed by atoms with Crippen LogP contribution in [0.15, 0.2) is 30.6 Å². The quantitative estimate of drug-likeness (QED) is 0.612. The van der Waals surface area contributed by atoms with E-state index in [0.717, 1.165) is 24.4 Å². The molecule has 1 aromatic heterocycles. The third-order valence-electron chi connectivity index (χ3n) is 3.19. The third kappa shape index (κ3) is 5.18. The van der Waals surface area contributed by atoms with Crippen LogP contribution in [0, 0.1) is 10.1 Å². The number of amides is 1.